The molecule has 2 aliphatic heterocycles. The molecule has 1 atom stereocenters. The Bertz CT molecular complexity index is 1250. The number of ether oxygens (including phenoxy) is 1. The van der Waals surface area contributed by atoms with Crippen LogP contribution in [0.1, 0.15) is 17.2 Å². The van der Waals surface area contributed by atoms with E-state index in [2.05, 4.69) is 11.9 Å². The van der Waals surface area contributed by atoms with Gasteiger partial charge < -0.3 is 15.0 Å². The Balaban J connectivity index is 1.48. The Morgan fingerprint density at radius 2 is 1.65 bits per heavy atom. The summed E-state index contributed by atoms with van der Waals surface area (Å²) in [6, 6.07) is 26.1. The van der Waals surface area contributed by atoms with Gasteiger partial charge in [0.1, 0.15) is 11.5 Å². The molecule has 3 amide bonds. The second-order valence-electron chi connectivity index (χ2n) is 8.28. The molecule has 1 unspecified atom stereocenters. The largest absolute Gasteiger partial charge is 0.457 e. The van der Waals surface area contributed by atoms with Gasteiger partial charge in [-0.25, -0.2) is 4.79 Å². The zero-order valence-corrected chi connectivity index (χ0v) is 18.7. The molecule has 6 nitrogen and oxygen atoms in total. The maximum absolute atomic E-state index is 13.6. The quantitative estimate of drug-likeness (QED) is 0.513. The number of amides is 3. The third-order valence-corrected chi connectivity index (χ3v) is 5.99. The second kappa shape index (κ2) is 9.27. The smallest absolute Gasteiger partial charge is 0.322 e. The molecule has 0 radical (unpaired) electrons. The molecule has 170 valence electrons. The molecule has 3 aromatic carbocycles. The number of para-hydroxylation sites is 1. The van der Waals surface area contributed by atoms with E-state index in [1.807, 2.05) is 84.9 Å². The van der Waals surface area contributed by atoms with Crippen LogP contribution in [0.5, 0.6) is 11.5 Å². The highest BCUT2D eigenvalue weighted by molar-refractivity contribution is 6.01. The van der Waals surface area contributed by atoms with Crippen molar-refractivity contribution < 1.29 is 14.3 Å². The van der Waals surface area contributed by atoms with Crippen LogP contribution in [0, 0.1) is 0 Å². The Kier molecular flexibility index (Phi) is 5.87. The number of benzene rings is 3. The van der Waals surface area contributed by atoms with E-state index in [0.29, 0.717) is 31.0 Å². The van der Waals surface area contributed by atoms with Gasteiger partial charge >= 0.3 is 6.03 Å². The summed E-state index contributed by atoms with van der Waals surface area (Å²) >= 11 is 0. The lowest BCUT2D eigenvalue weighted by atomic mass is 9.95. The molecule has 0 spiro atoms. The van der Waals surface area contributed by atoms with Crippen molar-refractivity contribution in [3.05, 3.63) is 120 Å². The van der Waals surface area contributed by atoms with Gasteiger partial charge in [0.15, 0.2) is 0 Å². The fraction of sp³-hybridized carbons (Fsp3) is 0.143. The second-order valence-corrected chi connectivity index (χ2v) is 8.28. The molecular formula is C28H25N3O3. The Morgan fingerprint density at radius 3 is 2.38 bits per heavy atom. The van der Waals surface area contributed by atoms with Crippen LogP contribution in [-0.4, -0.2) is 34.8 Å². The van der Waals surface area contributed by atoms with Gasteiger partial charge in [-0.3, -0.25) is 9.69 Å². The molecule has 0 saturated carbocycles. The number of nitrogens with zero attached hydrogens (tertiary/aromatic N) is 2. The molecule has 0 aromatic heterocycles. The fourth-order valence-corrected chi connectivity index (χ4v) is 4.43. The van der Waals surface area contributed by atoms with E-state index in [1.54, 1.807) is 15.9 Å². The van der Waals surface area contributed by atoms with Gasteiger partial charge in [-0.15, -0.1) is 6.58 Å². The number of hydrogen-bond donors (Lipinski definition) is 1. The van der Waals surface area contributed by atoms with E-state index in [4.69, 9.17) is 4.74 Å². The summed E-state index contributed by atoms with van der Waals surface area (Å²) < 4.78 is 5.99. The van der Waals surface area contributed by atoms with Crippen LogP contribution >= 0.6 is 0 Å². The van der Waals surface area contributed by atoms with E-state index in [9.17, 15) is 9.59 Å². The van der Waals surface area contributed by atoms with Crippen molar-refractivity contribution in [2.45, 2.75) is 12.6 Å². The zero-order valence-electron chi connectivity index (χ0n) is 18.7. The average molecular weight is 452 g/mol. The highest BCUT2D eigenvalue weighted by Gasteiger charge is 2.43. The van der Waals surface area contributed by atoms with Gasteiger partial charge in [-0.2, -0.15) is 0 Å². The minimum absolute atomic E-state index is 0.0766. The first-order chi connectivity index (χ1) is 16.6. The molecule has 2 aliphatic rings. The van der Waals surface area contributed by atoms with Crippen molar-refractivity contribution >= 4 is 11.9 Å². The van der Waals surface area contributed by atoms with Gasteiger partial charge in [0.2, 0.25) is 0 Å². The summed E-state index contributed by atoms with van der Waals surface area (Å²) in [6.07, 6.45) is 1.67. The summed E-state index contributed by atoms with van der Waals surface area (Å²) in [6.45, 7) is 4.97. The first-order valence-electron chi connectivity index (χ1n) is 11.2. The average Bonchev–Trinajstić information content (AvgIpc) is 3.18. The van der Waals surface area contributed by atoms with Gasteiger partial charge in [0.25, 0.3) is 5.91 Å². The topological polar surface area (TPSA) is 61.9 Å². The third-order valence-electron chi connectivity index (χ3n) is 5.99. The minimum Gasteiger partial charge on any atom is -0.457 e. The predicted octanol–water partition coefficient (Wildman–Crippen LogP) is 5.03. The molecule has 5 rings (SSSR count). The summed E-state index contributed by atoms with van der Waals surface area (Å²) in [4.78, 5) is 30.0. The lowest BCUT2D eigenvalue weighted by Gasteiger charge is -2.33. The molecule has 0 aliphatic carbocycles. The molecule has 0 saturated heterocycles. The Labute approximate surface area is 198 Å². The summed E-state index contributed by atoms with van der Waals surface area (Å²) in [5.41, 5.74) is 3.15. The van der Waals surface area contributed by atoms with Crippen molar-refractivity contribution in [1.82, 2.24) is 15.1 Å². The minimum atomic E-state index is -0.559. The first kappa shape index (κ1) is 21.5. The van der Waals surface area contributed by atoms with Crippen molar-refractivity contribution in [1.29, 1.82) is 0 Å². The van der Waals surface area contributed by atoms with Crippen LogP contribution in [0.25, 0.3) is 0 Å². The monoisotopic (exact) mass is 451 g/mol. The van der Waals surface area contributed by atoms with Crippen LogP contribution in [0.2, 0.25) is 0 Å². The maximum Gasteiger partial charge on any atom is 0.322 e. The SMILES string of the molecule is C=CCN1C(=O)NC(c2cccc(Oc3ccccc3)c2)C2=C1CN(Cc1ccccc1)C2=O. The van der Waals surface area contributed by atoms with E-state index >= 15 is 0 Å². The molecule has 2 heterocycles. The maximum atomic E-state index is 13.6. The Morgan fingerprint density at radius 1 is 0.941 bits per heavy atom. The lowest BCUT2D eigenvalue weighted by Crippen LogP contribution is -2.47. The highest BCUT2D eigenvalue weighted by atomic mass is 16.5. The molecule has 1 N–H and O–H groups in total. The first-order valence-corrected chi connectivity index (χ1v) is 11.2. The normalized spacial score (nSPS) is 17.5. The van der Waals surface area contributed by atoms with Gasteiger partial charge in [0.05, 0.1) is 23.9 Å². The van der Waals surface area contributed by atoms with Crippen molar-refractivity contribution in [2.75, 3.05) is 13.1 Å². The zero-order chi connectivity index (χ0) is 23.5. The number of carbonyl (C=O) groups excluding carboxylic acids is 2. The standard InChI is InChI=1S/C28H25N3O3/c1-2-16-31-24-19-30(18-20-10-5-3-6-11-20)27(32)25(24)26(29-28(31)33)21-12-9-15-23(17-21)34-22-13-7-4-8-14-22/h2-15,17,26H,1,16,18-19H2,(H,29,33). The van der Waals surface area contributed by atoms with E-state index in [1.165, 1.54) is 0 Å². The molecular weight excluding hydrogens is 426 g/mol. The molecule has 6 heteroatoms. The van der Waals surface area contributed by atoms with Crippen LogP contribution < -0.4 is 10.1 Å². The number of hydrogen-bond acceptors (Lipinski definition) is 3. The van der Waals surface area contributed by atoms with Gasteiger partial charge in [-0.05, 0) is 35.4 Å². The molecule has 0 bridgehead atoms. The van der Waals surface area contributed by atoms with Crippen LogP contribution in [0.3, 0.4) is 0 Å². The van der Waals surface area contributed by atoms with Gasteiger partial charge in [0, 0.05) is 13.1 Å². The molecule has 0 fully saturated rings. The van der Waals surface area contributed by atoms with Crippen LogP contribution in [0.15, 0.2) is 109 Å². The molecule has 3 aromatic rings. The highest BCUT2D eigenvalue weighted by Crippen LogP contribution is 2.38. The molecule has 34 heavy (non-hydrogen) atoms. The van der Waals surface area contributed by atoms with Gasteiger partial charge in [-0.1, -0.05) is 66.7 Å². The number of carbonyl (C=O) groups is 2. The number of urea groups is 1. The summed E-state index contributed by atoms with van der Waals surface area (Å²) in [5, 5.41) is 3.02. The van der Waals surface area contributed by atoms with E-state index in [0.717, 1.165) is 22.6 Å². The van der Waals surface area contributed by atoms with Crippen molar-refractivity contribution in [2.24, 2.45) is 0 Å². The van der Waals surface area contributed by atoms with Crippen molar-refractivity contribution in [3.63, 3.8) is 0 Å². The van der Waals surface area contributed by atoms with Crippen molar-refractivity contribution in [3.8, 4) is 11.5 Å². The lowest BCUT2D eigenvalue weighted by molar-refractivity contribution is -0.126. The van der Waals surface area contributed by atoms with E-state index in [-0.39, 0.29) is 11.9 Å². The summed E-state index contributed by atoms with van der Waals surface area (Å²) in [5.74, 6) is 1.28. The number of nitrogens with one attached hydrogen (secondary N) is 1. The van der Waals surface area contributed by atoms with Crippen LogP contribution in [-0.2, 0) is 11.3 Å². The van der Waals surface area contributed by atoms with Crippen LogP contribution in [0.4, 0.5) is 4.79 Å². The van der Waals surface area contributed by atoms with E-state index < -0.39 is 6.04 Å². The summed E-state index contributed by atoms with van der Waals surface area (Å²) in [7, 11) is 0. The Hall–Kier alpha value is -4.32. The third kappa shape index (κ3) is 4.18. The predicted molar refractivity (Wildman–Crippen MR) is 130 cm³/mol. The number of rotatable bonds is 7. The fourth-order valence-electron chi connectivity index (χ4n) is 4.43.